The van der Waals surface area contributed by atoms with Crippen LogP contribution in [0.15, 0.2) is 67.0 Å². The van der Waals surface area contributed by atoms with Crippen molar-refractivity contribution in [3.8, 4) is 0 Å². The maximum Gasteiger partial charge on any atom is 0.321 e. The van der Waals surface area contributed by atoms with E-state index in [2.05, 4.69) is 69.3 Å². The maximum absolute atomic E-state index is 13.4. The second kappa shape index (κ2) is 13.9. The predicted octanol–water partition coefficient (Wildman–Crippen LogP) is 5.78. The summed E-state index contributed by atoms with van der Waals surface area (Å²) in [6.45, 7) is 14.6. The maximum atomic E-state index is 13.4. The Morgan fingerprint density at radius 1 is 0.826 bits per heavy atom. The van der Waals surface area contributed by atoms with Crippen molar-refractivity contribution < 1.29 is 9.59 Å². The number of nitrogens with zero attached hydrogens (tertiary/aromatic N) is 6. The summed E-state index contributed by atoms with van der Waals surface area (Å²) < 4.78 is 0. The molecule has 3 amide bonds. The summed E-state index contributed by atoms with van der Waals surface area (Å²) in [4.78, 5) is 44.4. The van der Waals surface area contributed by atoms with E-state index in [0.717, 1.165) is 88.6 Å². The van der Waals surface area contributed by atoms with E-state index in [1.54, 1.807) is 0 Å². The van der Waals surface area contributed by atoms with E-state index in [-0.39, 0.29) is 17.5 Å². The summed E-state index contributed by atoms with van der Waals surface area (Å²) in [5.41, 5.74) is 4.44. The van der Waals surface area contributed by atoms with Crippen molar-refractivity contribution in [2.24, 2.45) is 5.92 Å². The zero-order valence-corrected chi connectivity index (χ0v) is 27.9. The Morgan fingerprint density at radius 2 is 1.43 bits per heavy atom. The van der Waals surface area contributed by atoms with Crippen molar-refractivity contribution in [2.45, 2.75) is 71.0 Å². The molecule has 244 valence electrons. The van der Waals surface area contributed by atoms with Crippen LogP contribution in [0.4, 0.5) is 10.5 Å². The van der Waals surface area contributed by atoms with Crippen LogP contribution < -0.4 is 5.32 Å². The van der Waals surface area contributed by atoms with Gasteiger partial charge in [-0.1, -0.05) is 48.5 Å². The van der Waals surface area contributed by atoms with Crippen LogP contribution in [0.3, 0.4) is 0 Å². The number of benzene rings is 2. The molecule has 0 saturated carbocycles. The van der Waals surface area contributed by atoms with E-state index < -0.39 is 0 Å². The number of aromatic nitrogens is 2. The van der Waals surface area contributed by atoms with Gasteiger partial charge < -0.3 is 15.1 Å². The summed E-state index contributed by atoms with van der Waals surface area (Å²) in [6, 6.07) is 21.4. The first kappa shape index (κ1) is 32.1. The fourth-order valence-electron chi connectivity index (χ4n) is 7.97. The monoisotopic (exact) mass is 623 g/mol. The summed E-state index contributed by atoms with van der Waals surface area (Å²) in [7, 11) is 0. The number of urea groups is 1. The van der Waals surface area contributed by atoms with E-state index in [1.807, 2.05) is 54.0 Å². The average Bonchev–Trinajstić information content (AvgIpc) is 3.07. The van der Waals surface area contributed by atoms with Crippen molar-refractivity contribution in [3.63, 3.8) is 0 Å². The minimum atomic E-state index is -0.00810. The number of piperazine rings is 1. The number of hydrogen-bond donors (Lipinski definition) is 1. The van der Waals surface area contributed by atoms with Gasteiger partial charge in [0.2, 0.25) is 0 Å². The molecule has 0 spiro atoms. The Labute approximate surface area is 274 Å². The smallest absolute Gasteiger partial charge is 0.321 e. The fourth-order valence-corrected chi connectivity index (χ4v) is 7.97. The normalized spacial score (nSPS) is 22.0. The molecule has 2 atom stereocenters. The van der Waals surface area contributed by atoms with Gasteiger partial charge in [0.05, 0.1) is 17.0 Å². The standard InChI is InChI=1S/C37H49N7O2/c1-27-25-43(37(4)17-21-41(22-18-37)35(45)33-28(2)38-26-39-29(33)3)23-24-44(27)34(30-11-7-5-8-12-30)31-15-19-42(20-16-31)36(46)40-32-13-9-6-10-14-32/h5-14,26-27,31,34H,15-25H2,1-4H3,(H,40,46)/t27-,34-/m0/s1. The lowest BCUT2D eigenvalue weighted by atomic mass is 9.82. The predicted molar refractivity (Wildman–Crippen MR) is 182 cm³/mol. The lowest BCUT2D eigenvalue weighted by molar-refractivity contribution is -0.0426. The Hall–Kier alpha value is -3.82. The van der Waals surface area contributed by atoms with Gasteiger partial charge in [0.1, 0.15) is 6.33 Å². The third-order valence-electron chi connectivity index (χ3n) is 10.8. The molecule has 3 saturated heterocycles. The highest BCUT2D eigenvalue weighted by Crippen LogP contribution is 2.40. The number of hydrogen-bond acceptors (Lipinski definition) is 6. The minimum absolute atomic E-state index is 0.00810. The highest BCUT2D eigenvalue weighted by atomic mass is 16.2. The Kier molecular flexibility index (Phi) is 9.70. The number of carbonyl (C=O) groups excluding carboxylic acids is 2. The van der Waals surface area contributed by atoms with Crippen LogP contribution in [0.2, 0.25) is 0 Å². The number of aryl methyl sites for hydroxylation is 2. The van der Waals surface area contributed by atoms with Crippen molar-refractivity contribution in [1.29, 1.82) is 0 Å². The molecule has 1 N–H and O–H groups in total. The molecule has 0 radical (unpaired) electrons. The second-order valence-electron chi connectivity index (χ2n) is 13.7. The number of likely N-dealkylation sites (tertiary alicyclic amines) is 2. The molecular formula is C37H49N7O2. The van der Waals surface area contributed by atoms with E-state index in [9.17, 15) is 9.59 Å². The van der Waals surface area contributed by atoms with Crippen molar-refractivity contribution in [1.82, 2.24) is 29.6 Å². The molecule has 1 aromatic heterocycles. The van der Waals surface area contributed by atoms with Crippen LogP contribution in [0, 0.1) is 19.8 Å². The molecule has 46 heavy (non-hydrogen) atoms. The molecular weight excluding hydrogens is 574 g/mol. The molecule has 3 aromatic rings. The van der Waals surface area contributed by atoms with Gasteiger partial charge >= 0.3 is 6.03 Å². The lowest BCUT2D eigenvalue weighted by Crippen LogP contribution is -2.63. The van der Waals surface area contributed by atoms with Crippen LogP contribution in [0.25, 0.3) is 0 Å². The van der Waals surface area contributed by atoms with Crippen LogP contribution in [-0.2, 0) is 0 Å². The van der Waals surface area contributed by atoms with Gasteiger partial charge in [0.15, 0.2) is 0 Å². The molecule has 6 rings (SSSR count). The molecule has 9 heteroatoms. The number of piperidine rings is 2. The number of nitrogens with one attached hydrogen (secondary N) is 1. The van der Waals surface area contributed by atoms with E-state index in [4.69, 9.17) is 0 Å². The number of carbonyl (C=O) groups is 2. The molecule has 3 aliphatic rings. The molecule has 0 aliphatic carbocycles. The van der Waals surface area contributed by atoms with Crippen LogP contribution >= 0.6 is 0 Å². The van der Waals surface area contributed by atoms with Crippen LogP contribution in [0.1, 0.15) is 72.9 Å². The zero-order chi connectivity index (χ0) is 32.3. The SMILES string of the molecule is Cc1ncnc(C)c1C(=O)N1CCC(C)(N2CCN([C@@H](c3ccccc3)C3CCN(C(=O)Nc4ccccc4)CC3)[C@@H](C)C2)CC1. The molecule has 0 unspecified atom stereocenters. The highest BCUT2D eigenvalue weighted by Gasteiger charge is 2.43. The molecule has 3 fully saturated rings. The number of amides is 3. The van der Waals surface area contributed by atoms with Crippen molar-refractivity contribution in [2.75, 3.05) is 51.1 Å². The molecule has 2 aromatic carbocycles. The number of rotatable bonds is 6. The van der Waals surface area contributed by atoms with Gasteiger partial charge in [-0.05, 0) is 77.0 Å². The Balaban J connectivity index is 1.08. The molecule has 0 bridgehead atoms. The topological polar surface area (TPSA) is 84.9 Å². The Morgan fingerprint density at radius 3 is 2.04 bits per heavy atom. The largest absolute Gasteiger partial charge is 0.338 e. The van der Waals surface area contributed by atoms with Crippen LogP contribution in [-0.4, -0.2) is 98.9 Å². The van der Waals surface area contributed by atoms with E-state index in [0.29, 0.717) is 23.6 Å². The molecule has 4 heterocycles. The summed E-state index contributed by atoms with van der Waals surface area (Å²) in [5, 5.41) is 3.06. The first-order valence-electron chi connectivity index (χ1n) is 17.0. The third kappa shape index (κ3) is 6.81. The van der Waals surface area contributed by atoms with Gasteiger partial charge in [-0.3, -0.25) is 14.6 Å². The summed E-state index contributed by atoms with van der Waals surface area (Å²) in [6.07, 6.45) is 5.43. The number of para-hydroxylation sites is 1. The summed E-state index contributed by atoms with van der Waals surface area (Å²) in [5.74, 6) is 0.543. The quantitative estimate of drug-likeness (QED) is 0.375. The van der Waals surface area contributed by atoms with Gasteiger partial charge in [-0.2, -0.15) is 0 Å². The molecule has 3 aliphatic heterocycles. The van der Waals surface area contributed by atoms with Gasteiger partial charge in [-0.25, -0.2) is 14.8 Å². The van der Waals surface area contributed by atoms with Crippen molar-refractivity contribution in [3.05, 3.63) is 89.5 Å². The minimum Gasteiger partial charge on any atom is -0.338 e. The Bertz CT molecular complexity index is 1460. The van der Waals surface area contributed by atoms with Crippen LogP contribution in [0.5, 0.6) is 0 Å². The number of anilines is 1. The van der Waals surface area contributed by atoms with Gasteiger partial charge in [0.25, 0.3) is 5.91 Å². The highest BCUT2D eigenvalue weighted by molar-refractivity contribution is 5.96. The third-order valence-corrected chi connectivity index (χ3v) is 10.8. The summed E-state index contributed by atoms with van der Waals surface area (Å²) >= 11 is 0. The van der Waals surface area contributed by atoms with E-state index in [1.165, 1.54) is 11.9 Å². The fraction of sp³-hybridized carbons (Fsp3) is 0.514. The lowest BCUT2D eigenvalue weighted by Gasteiger charge is -2.54. The second-order valence-corrected chi connectivity index (χ2v) is 13.7. The average molecular weight is 624 g/mol. The first-order chi connectivity index (χ1) is 22.2. The first-order valence-corrected chi connectivity index (χ1v) is 17.0. The molecule has 9 nitrogen and oxygen atoms in total. The van der Waals surface area contributed by atoms with Gasteiger partial charge in [-0.15, -0.1) is 0 Å². The zero-order valence-electron chi connectivity index (χ0n) is 27.9. The van der Waals surface area contributed by atoms with Crippen molar-refractivity contribution >= 4 is 17.6 Å². The van der Waals surface area contributed by atoms with E-state index >= 15 is 0 Å². The van der Waals surface area contributed by atoms with Gasteiger partial charge in [0, 0.05) is 69.1 Å².